The van der Waals surface area contributed by atoms with Crippen LogP contribution in [0.1, 0.15) is 5.89 Å². The Hall–Kier alpha value is -2.01. The van der Waals surface area contributed by atoms with Crippen molar-refractivity contribution in [1.29, 1.82) is 0 Å². The monoisotopic (exact) mass is 310 g/mol. The van der Waals surface area contributed by atoms with E-state index in [0.717, 1.165) is 6.26 Å². The van der Waals surface area contributed by atoms with Gasteiger partial charge < -0.3 is 4.42 Å². The maximum atomic E-state index is 12.1. The molecule has 2 heterocycles. The van der Waals surface area contributed by atoms with Gasteiger partial charge in [0.05, 0.1) is 6.26 Å². The van der Waals surface area contributed by atoms with Gasteiger partial charge in [-0.2, -0.15) is 13.2 Å². The molecule has 0 saturated heterocycles. The van der Waals surface area contributed by atoms with Crippen LogP contribution in [0.3, 0.4) is 0 Å². The predicted molar refractivity (Wildman–Crippen MR) is 61.6 cm³/mol. The molecule has 0 radical (unpaired) electrons. The topological polar surface area (TPSA) is 112 Å². The Bertz CT molecular complexity index is 647. The van der Waals surface area contributed by atoms with Crippen molar-refractivity contribution in [2.24, 2.45) is 5.14 Å². The average Bonchev–Trinajstić information content (AvgIpc) is 2.76. The minimum absolute atomic E-state index is 0.209. The molecule has 0 aliphatic carbocycles. The van der Waals surface area contributed by atoms with Gasteiger partial charge in [0.1, 0.15) is 5.69 Å². The van der Waals surface area contributed by atoms with Gasteiger partial charge in [-0.05, 0) is 12.1 Å². The van der Waals surface area contributed by atoms with Crippen molar-refractivity contribution in [3.05, 3.63) is 30.3 Å². The fourth-order valence-corrected chi connectivity index (χ4v) is 0.931. The molecule has 2 aromatic heterocycles. The standard InChI is InChI=1S/C8H4F3N3O.CH5NO2S/c9-8(10,11)7-14-13-6(15-7)5-3-1-2-4-12-5;1-5(2,3)4/h1-4H;1H3,(H2,2,3,4). The van der Waals surface area contributed by atoms with Gasteiger partial charge in [0.2, 0.25) is 10.0 Å². The summed E-state index contributed by atoms with van der Waals surface area (Å²) in [7, 11) is -3.17. The lowest BCUT2D eigenvalue weighted by atomic mass is 10.3. The lowest BCUT2D eigenvalue weighted by Gasteiger charge is -1.97. The summed E-state index contributed by atoms with van der Waals surface area (Å²) in [6, 6.07) is 4.72. The van der Waals surface area contributed by atoms with E-state index in [4.69, 9.17) is 0 Å². The zero-order valence-corrected chi connectivity index (χ0v) is 10.8. The Kier molecular flexibility index (Phi) is 4.78. The predicted octanol–water partition coefficient (Wildman–Crippen LogP) is 1.06. The van der Waals surface area contributed by atoms with Crippen LogP contribution >= 0.6 is 0 Å². The second-order valence-corrected chi connectivity index (χ2v) is 5.11. The van der Waals surface area contributed by atoms with E-state index >= 15 is 0 Å². The zero-order chi connectivity index (χ0) is 15.4. The SMILES string of the molecule is CS(N)(=O)=O.FC(F)(F)c1nnc(-c2ccccn2)o1. The highest BCUT2D eigenvalue weighted by Gasteiger charge is 2.38. The molecule has 7 nitrogen and oxygen atoms in total. The third kappa shape index (κ3) is 5.75. The van der Waals surface area contributed by atoms with Crippen LogP contribution in [0.4, 0.5) is 13.2 Å². The van der Waals surface area contributed by atoms with Gasteiger partial charge in [-0.15, -0.1) is 10.2 Å². The smallest absolute Gasteiger partial charge is 0.411 e. The summed E-state index contributed by atoms with van der Waals surface area (Å²) in [6.45, 7) is 0. The molecular weight excluding hydrogens is 301 g/mol. The summed E-state index contributed by atoms with van der Waals surface area (Å²) in [5, 5.41) is 10.5. The van der Waals surface area contributed by atoms with Crippen LogP contribution in [0.2, 0.25) is 0 Å². The summed E-state index contributed by atoms with van der Waals surface area (Å²) in [6.07, 6.45) is -2.26. The quantitative estimate of drug-likeness (QED) is 0.842. The number of halogens is 3. The lowest BCUT2D eigenvalue weighted by molar-refractivity contribution is -0.156. The molecule has 0 atom stereocenters. The van der Waals surface area contributed by atoms with E-state index in [-0.39, 0.29) is 11.6 Å². The van der Waals surface area contributed by atoms with E-state index in [9.17, 15) is 21.6 Å². The van der Waals surface area contributed by atoms with Crippen LogP contribution in [0.25, 0.3) is 11.6 Å². The Balaban J connectivity index is 0.000000347. The summed E-state index contributed by atoms with van der Waals surface area (Å²) < 4.78 is 59.5. The van der Waals surface area contributed by atoms with Crippen LogP contribution in [0, 0.1) is 0 Å². The Morgan fingerprint density at radius 3 is 2.25 bits per heavy atom. The Morgan fingerprint density at radius 2 is 1.85 bits per heavy atom. The second-order valence-electron chi connectivity index (χ2n) is 3.45. The number of rotatable bonds is 1. The highest BCUT2D eigenvalue weighted by Crippen LogP contribution is 2.29. The van der Waals surface area contributed by atoms with Crippen molar-refractivity contribution in [3.63, 3.8) is 0 Å². The van der Waals surface area contributed by atoms with E-state index in [0.29, 0.717) is 0 Å². The van der Waals surface area contributed by atoms with E-state index in [2.05, 4.69) is 24.7 Å². The van der Waals surface area contributed by atoms with Crippen LogP contribution < -0.4 is 5.14 Å². The largest absolute Gasteiger partial charge is 0.470 e. The van der Waals surface area contributed by atoms with Gasteiger partial charge in [-0.25, -0.2) is 13.6 Å². The summed E-state index contributed by atoms with van der Waals surface area (Å²) in [5.41, 5.74) is 0.209. The Morgan fingerprint density at radius 1 is 1.25 bits per heavy atom. The molecule has 2 N–H and O–H groups in total. The number of pyridine rings is 1. The van der Waals surface area contributed by atoms with Gasteiger partial charge in [0.25, 0.3) is 5.89 Å². The number of sulfonamides is 1. The first kappa shape index (κ1) is 16.0. The van der Waals surface area contributed by atoms with E-state index < -0.39 is 22.1 Å². The number of alkyl halides is 3. The zero-order valence-electron chi connectivity index (χ0n) is 10.00. The molecule has 0 bridgehead atoms. The van der Waals surface area contributed by atoms with Crippen molar-refractivity contribution in [3.8, 4) is 11.6 Å². The van der Waals surface area contributed by atoms with Gasteiger partial charge in [-0.1, -0.05) is 6.07 Å². The van der Waals surface area contributed by atoms with Crippen LogP contribution in [-0.2, 0) is 16.2 Å². The molecule has 2 rings (SSSR count). The molecular formula is C9H9F3N4O3S. The van der Waals surface area contributed by atoms with Crippen LogP contribution in [-0.4, -0.2) is 29.9 Å². The molecule has 0 unspecified atom stereocenters. The number of hydrogen-bond donors (Lipinski definition) is 1. The van der Waals surface area contributed by atoms with Crippen molar-refractivity contribution < 1.29 is 26.0 Å². The molecule has 2 aromatic rings. The number of nitrogens with two attached hydrogens (primary N) is 1. The van der Waals surface area contributed by atoms with E-state index in [1.54, 1.807) is 12.1 Å². The summed E-state index contributed by atoms with van der Waals surface area (Å²) >= 11 is 0. The molecule has 0 amide bonds. The van der Waals surface area contributed by atoms with Crippen molar-refractivity contribution >= 4 is 10.0 Å². The van der Waals surface area contributed by atoms with Gasteiger partial charge in [-0.3, -0.25) is 4.98 Å². The average molecular weight is 310 g/mol. The molecule has 11 heteroatoms. The van der Waals surface area contributed by atoms with Gasteiger partial charge in [0, 0.05) is 6.20 Å². The van der Waals surface area contributed by atoms with E-state index in [1.807, 2.05) is 0 Å². The van der Waals surface area contributed by atoms with E-state index in [1.165, 1.54) is 12.3 Å². The first-order valence-electron chi connectivity index (χ1n) is 4.87. The minimum Gasteiger partial charge on any atom is -0.411 e. The molecule has 0 fully saturated rings. The number of primary sulfonamides is 1. The minimum atomic E-state index is -4.62. The van der Waals surface area contributed by atoms with Crippen LogP contribution in [0.5, 0.6) is 0 Å². The number of nitrogens with zero attached hydrogens (tertiary/aromatic N) is 3. The first-order valence-corrected chi connectivity index (χ1v) is 6.82. The third-order valence-corrected chi connectivity index (χ3v) is 1.55. The molecule has 110 valence electrons. The summed E-state index contributed by atoms with van der Waals surface area (Å²) in [4.78, 5) is 3.78. The molecule has 0 saturated carbocycles. The lowest BCUT2D eigenvalue weighted by Crippen LogP contribution is -2.07. The van der Waals surface area contributed by atoms with Crippen molar-refractivity contribution in [2.75, 3.05) is 6.26 Å². The molecule has 20 heavy (non-hydrogen) atoms. The first-order chi connectivity index (χ1) is 9.07. The number of aromatic nitrogens is 3. The molecule has 0 spiro atoms. The third-order valence-electron chi connectivity index (χ3n) is 1.55. The van der Waals surface area contributed by atoms with Gasteiger partial charge >= 0.3 is 12.1 Å². The second kappa shape index (κ2) is 5.96. The molecule has 0 aliphatic rings. The van der Waals surface area contributed by atoms with Crippen LogP contribution in [0.15, 0.2) is 28.8 Å². The fraction of sp³-hybridized carbons (Fsp3) is 0.222. The molecule has 0 aromatic carbocycles. The molecule has 0 aliphatic heterocycles. The van der Waals surface area contributed by atoms with Crippen molar-refractivity contribution in [1.82, 2.24) is 15.2 Å². The maximum absolute atomic E-state index is 12.1. The highest BCUT2D eigenvalue weighted by molar-refractivity contribution is 7.88. The van der Waals surface area contributed by atoms with Crippen molar-refractivity contribution in [2.45, 2.75) is 6.18 Å². The summed E-state index contributed by atoms with van der Waals surface area (Å²) in [5.74, 6) is -1.62. The normalized spacial score (nSPS) is 11.7. The maximum Gasteiger partial charge on any atom is 0.470 e. The highest BCUT2D eigenvalue weighted by atomic mass is 32.2. The fourth-order valence-electron chi connectivity index (χ4n) is 0.931. The number of hydrogen-bond acceptors (Lipinski definition) is 6. The van der Waals surface area contributed by atoms with Gasteiger partial charge in [0.15, 0.2) is 0 Å². The Labute approximate surface area is 111 Å².